The average molecular weight is 307 g/mol. The third-order valence-corrected chi connectivity index (χ3v) is 5.54. The first-order valence-electron chi connectivity index (χ1n) is 8.99. The van der Waals surface area contributed by atoms with Gasteiger partial charge in [-0.05, 0) is 25.7 Å². The van der Waals surface area contributed by atoms with Crippen molar-refractivity contribution in [3.63, 3.8) is 0 Å². The lowest BCUT2D eigenvalue weighted by molar-refractivity contribution is -0.137. The highest BCUT2D eigenvalue weighted by Gasteiger charge is 2.39. The van der Waals surface area contributed by atoms with Crippen LogP contribution in [-0.2, 0) is 9.59 Å². The molecule has 2 saturated heterocycles. The Bertz CT molecular complexity index is 418. The first kappa shape index (κ1) is 15.8. The second kappa shape index (κ2) is 6.99. The molecule has 22 heavy (non-hydrogen) atoms. The Balaban J connectivity index is 1.59. The second-order valence-electron chi connectivity index (χ2n) is 7.28. The van der Waals surface area contributed by atoms with Crippen LogP contribution in [0.25, 0.3) is 0 Å². The molecule has 0 aromatic rings. The van der Waals surface area contributed by atoms with Crippen LogP contribution in [0, 0.1) is 5.92 Å². The molecule has 2 amide bonds. The zero-order valence-corrected chi connectivity index (χ0v) is 13.5. The van der Waals surface area contributed by atoms with Gasteiger partial charge >= 0.3 is 0 Å². The molecule has 3 fully saturated rings. The van der Waals surface area contributed by atoms with Crippen molar-refractivity contribution < 1.29 is 9.59 Å². The largest absolute Gasteiger partial charge is 0.341 e. The van der Waals surface area contributed by atoms with Gasteiger partial charge in [0.25, 0.3) is 0 Å². The first-order valence-corrected chi connectivity index (χ1v) is 8.99. The van der Waals surface area contributed by atoms with Crippen LogP contribution in [-0.4, -0.2) is 53.3 Å². The smallest absolute Gasteiger partial charge is 0.228 e. The van der Waals surface area contributed by atoms with Gasteiger partial charge in [-0.3, -0.25) is 9.59 Å². The van der Waals surface area contributed by atoms with Crippen LogP contribution >= 0.6 is 0 Å². The Kier molecular flexibility index (Phi) is 5.01. The quantitative estimate of drug-likeness (QED) is 0.786. The Hall–Kier alpha value is -1.10. The van der Waals surface area contributed by atoms with Crippen LogP contribution in [0.5, 0.6) is 0 Å². The minimum absolute atomic E-state index is 0.104. The third kappa shape index (κ3) is 3.45. The fraction of sp³-hybridized carbons (Fsp3) is 0.882. The van der Waals surface area contributed by atoms with Crippen molar-refractivity contribution in [2.75, 3.05) is 19.6 Å². The molecule has 0 spiro atoms. The van der Waals surface area contributed by atoms with E-state index in [4.69, 9.17) is 5.73 Å². The number of hydrogen-bond acceptors (Lipinski definition) is 3. The zero-order valence-electron chi connectivity index (χ0n) is 13.5. The average Bonchev–Trinajstić information content (AvgIpc) is 2.73. The lowest BCUT2D eigenvalue weighted by Crippen LogP contribution is -2.48. The van der Waals surface area contributed by atoms with E-state index in [1.807, 2.05) is 9.80 Å². The molecule has 0 aromatic heterocycles. The first-order chi connectivity index (χ1) is 10.6. The fourth-order valence-corrected chi connectivity index (χ4v) is 4.29. The van der Waals surface area contributed by atoms with Gasteiger partial charge in [-0.2, -0.15) is 0 Å². The van der Waals surface area contributed by atoms with Gasteiger partial charge in [0, 0.05) is 38.1 Å². The molecule has 5 heteroatoms. The van der Waals surface area contributed by atoms with E-state index in [1.165, 1.54) is 25.7 Å². The van der Waals surface area contributed by atoms with Crippen molar-refractivity contribution in [2.45, 2.75) is 69.9 Å². The number of likely N-dealkylation sites (tertiary alicyclic amines) is 2. The molecule has 1 aliphatic carbocycles. The van der Waals surface area contributed by atoms with Crippen LogP contribution in [0.4, 0.5) is 0 Å². The predicted octanol–water partition coefficient (Wildman–Crippen LogP) is 1.51. The number of nitrogens with zero attached hydrogens (tertiary/aromatic N) is 2. The van der Waals surface area contributed by atoms with E-state index in [-0.39, 0.29) is 23.8 Å². The lowest BCUT2D eigenvalue weighted by atomic mass is 10.0. The summed E-state index contributed by atoms with van der Waals surface area (Å²) in [4.78, 5) is 29.0. The number of rotatable bonds is 2. The number of hydrogen-bond donors (Lipinski definition) is 1. The molecule has 0 bridgehead atoms. The molecule has 3 rings (SSSR count). The Labute approximate surface area is 133 Å². The maximum absolute atomic E-state index is 12.7. The molecule has 2 aliphatic heterocycles. The summed E-state index contributed by atoms with van der Waals surface area (Å²) in [6, 6.07) is 0.476. The third-order valence-electron chi connectivity index (χ3n) is 5.54. The van der Waals surface area contributed by atoms with Gasteiger partial charge in [0.05, 0.1) is 5.92 Å². The number of nitrogens with two attached hydrogens (primary N) is 1. The van der Waals surface area contributed by atoms with Gasteiger partial charge in [-0.15, -0.1) is 0 Å². The van der Waals surface area contributed by atoms with E-state index < -0.39 is 0 Å². The molecule has 0 aromatic carbocycles. The normalized spacial score (nSPS) is 31.4. The molecule has 0 unspecified atom stereocenters. The summed E-state index contributed by atoms with van der Waals surface area (Å²) in [5, 5.41) is 0. The number of amides is 2. The number of piperidine rings is 1. The van der Waals surface area contributed by atoms with E-state index in [1.54, 1.807) is 0 Å². The molecule has 2 atom stereocenters. The van der Waals surface area contributed by atoms with Gasteiger partial charge in [0.1, 0.15) is 0 Å². The Morgan fingerprint density at radius 2 is 1.73 bits per heavy atom. The zero-order chi connectivity index (χ0) is 15.5. The van der Waals surface area contributed by atoms with E-state index >= 15 is 0 Å². The maximum Gasteiger partial charge on any atom is 0.228 e. The highest BCUT2D eigenvalue weighted by molar-refractivity contribution is 5.89. The molecule has 0 radical (unpaired) electrons. The number of carbonyl (C=O) groups is 2. The molecule has 124 valence electrons. The molecule has 2 N–H and O–H groups in total. The summed E-state index contributed by atoms with van der Waals surface area (Å²) >= 11 is 0. The van der Waals surface area contributed by atoms with Gasteiger partial charge in [-0.25, -0.2) is 0 Å². The second-order valence-corrected chi connectivity index (χ2v) is 7.28. The minimum atomic E-state index is -0.138. The number of carbonyl (C=O) groups excluding carboxylic acids is 2. The van der Waals surface area contributed by atoms with Crippen molar-refractivity contribution in [2.24, 2.45) is 11.7 Å². The summed E-state index contributed by atoms with van der Waals surface area (Å²) in [7, 11) is 0. The van der Waals surface area contributed by atoms with Gasteiger partial charge in [-0.1, -0.05) is 25.7 Å². The molecule has 5 nitrogen and oxygen atoms in total. The fourth-order valence-electron chi connectivity index (χ4n) is 4.29. The van der Waals surface area contributed by atoms with E-state index in [0.29, 0.717) is 25.6 Å². The van der Waals surface area contributed by atoms with E-state index in [9.17, 15) is 9.59 Å². The standard InChI is InChI=1S/C17H29N3O2/c18-14-6-5-9-19(12-14)17(22)13-10-16(21)20(11-13)15-7-3-1-2-4-8-15/h13-15H,1-12,18H2/t13-,14+/m0/s1. The highest BCUT2D eigenvalue weighted by atomic mass is 16.2. The lowest BCUT2D eigenvalue weighted by Gasteiger charge is -2.33. The van der Waals surface area contributed by atoms with Crippen LogP contribution < -0.4 is 5.73 Å². The van der Waals surface area contributed by atoms with Crippen LogP contribution in [0.15, 0.2) is 0 Å². The van der Waals surface area contributed by atoms with Crippen molar-refractivity contribution in [1.29, 1.82) is 0 Å². The van der Waals surface area contributed by atoms with Crippen LogP contribution in [0.1, 0.15) is 57.8 Å². The summed E-state index contributed by atoms with van der Waals surface area (Å²) in [6.45, 7) is 2.10. The van der Waals surface area contributed by atoms with Crippen LogP contribution in [0.3, 0.4) is 0 Å². The highest BCUT2D eigenvalue weighted by Crippen LogP contribution is 2.29. The summed E-state index contributed by atoms with van der Waals surface area (Å²) in [5.74, 6) is 0.201. The van der Waals surface area contributed by atoms with E-state index in [2.05, 4.69) is 0 Å². The topological polar surface area (TPSA) is 66.6 Å². The summed E-state index contributed by atoms with van der Waals surface area (Å²) < 4.78 is 0. The Morgan fingerprint density at radius 1 is 1.00 bits per heavy atom. The van der Waals surface area contributed by atoms with Gasteiger partial charge in [0.2, 0.25) is 11.8 Å². The van der Waals surface area contributed by atoms with Crippen LogP contribution in [0.2, 0.25) is 0 Å². The molecular weight excluding hydrogens is 278 g/mol. The van der Waals surface area contributed by atoms with Crippen molar-refractivity contribution in [1.82, 2.24) is 9.80 Å². The SMILES string of the molecule is N[C@@H]1CCCN(C(=O)[C@H]2CC(=O)N(C3CCCCCC3)C2)C1. The molecular formula is C17H29N3O2. The van der Waals surface area contributed by atoms with E-state index in [0.717, 1.165) is 32.2 Å². The van der Waals surface area contributed by atoms with Crippen molar-refractivity contribution in [3.05, 3.63) is 0 Å². The Morgan fingerprint density at radius 3 is 2.41 bits per heavy atom. The van der Waals surface area contributed by atoms with Crippen molar-refractivity contribution in [3.8, 4) is 0 Å². The minimum Gasteiger partial charge on any atom is -0.341 e. The van der Waals surface area contributed by atoms with Crippen molar-refractivity contribution >= 4 is 11.8 Å². The van der Waals surface area contributed by atoms with Gasteiger partial charge in [0.15, 0.2) is 0 Å². The monoisotopic (exact) mass is 307 g/mol. The molecule has 2 heterocycles. The van der Waals surface area contributed by atoms with Gasteiger partial charge < -0.3 is 15.5 Å². The molecule has 1 saturated carbocycles. The summed E-state index contributed by atoms with van der Waals surface area (Å²) in [5.41, 5.74) is 5.98. The molecule has 3 aliphatic rings. The maximum atomic E-state index is 12.7. The summed E-state index contributed by atoms with van der Waals surface area (Å²) in [6.07, 6.45) is 9.62. The predicted molar refractivity (Wildman–Crippen MR) is 85.1 cm³/mol.